The highest BCUT2D eigenvalue weighted by molar-refractivity contribution is 7.80. The minimum Gasteiger partial charge on any atom is -0.391 e. The first-order chi connectivity index (χ1) is 8.05. The van der Waals surface area contributed by atoms with Crippen LogP contribution >= 0.6 is 23.6 Å². The Morgan fingerprint density at radius 2 is 2.18 bits per heavy atom. The quantitative estimate of drug-likeness (QED) is 0.828. The van der Waals surface area contributed by atoms with E-state index in [2.05, 4.69) is 5.32 Å². The van der Waals surface area contributed by atoms with Crippen LogP contribution in [0.2, 0.25) is 0 Å². The van der Waals surface area contributed by atoms with Crippen LogP contribution < -0.4 is 11.1 Å². The highest BCUT2D eigenvalue weighted by Crippen LogP contribution is 2.30. The summed E-state index contributed by atoms with van der Waals surface area (Å²) in [6, 6.07) is 1.95. The van der Waals surface area contributed by atoms with Gasteiger partial charge in [-0.1, -0.05) is 25.1 Å². The van der Waals surface area contributed by atoms with Gasteiger partial charge in [-0.2, -0.15) is 0 Å². The zero-order valence-electron chi connectivity index (χ0n) is 9.79. The van der Waals surface area contributed by atoms with Crippen molar-refractivity contribution in [3.05, 3.63) is 21.9 Å². The normalized spacial score (nSPS) is 17.9. The van der Waals surface area contributed by atoms with E-state index < -0.39 is 5.54 Å². The minimum absolute atomic E-state index is 0.0489. The first-order valence-electron chi connectivity index (χ1n) is 5.72. The smallest absolute Gasteiger partial charge is 0.262 e. The molecular formula is C12H16N2OS2. The van der Waals surface area contributed by atoms with Crippen molar-refractivity contribution in [2.45, 2.75) is 38.1 Å². The summed E-state index contributed by atoms with van der Waals surface area (Å²) >= 11 is 6.57. The summed E-state index contributed by atoms with van der Waals surface area (Å²) in [6.07, 6.45) is 3.86. The number of hydrogen-bond donors (Lipinski definition) is 2. The number of carbonyl (C=O) groups is 1. The van der Waals surface area contributed by atoms with Crippen molar-refractivity contribution in [1.82, 2.24) is 5.32 Å². The summed E-state index contributed by atoms with van der Waals surface area (Å²) < 4.78 is 0. The van der Waals surface area contributed by atoms with Gasteiger partial charge in [-0.25, -0.2) is 0 Å². The molecule has 1 aromatic heterocycles. The Kier molecular flexibility index (Phi) is 3.49. The Morgan fingerprint density at radius 1 is 1.53 bits per heavy atom. The molecule has 1 aromatic rings. The van der Waals surface area contributed by atoms with Crippen LogP contribution in [0.3, 0.4) is 0 Å². The van der Waals surface area contributed by atoms with Crippen LogP contribution in [0.15, 0.2) is 11.4 Å². The third-order valence-electron chi connectivity index (χ3n) is 3.35. The second-order valence-corrected chi connectivity index (χ2v) is 5.90. The molecule has 5 heteroatoms. The molecule has 0 saturated heterocycles. The molecular weight excluding hydrogens is 252 g/mol. The van der Waals surface area contributed by atoms with Gasteiger partial charge in [-0.05, 0) is 36.8 Å². The number of rotatable bonds is 3. The van der Waals surface area contributed by atoms with E-state index in [9.17, 15) is 4.79 Å². The molecule has 0 spiro atoms. The molecule has 1 heterocycles. The summed E-state index contributed by atoms with van der Waals surface area (Å²) in [7, 11) is 0. The maximum Gasteiger partial charge on any atom is 0.262 e. The van der Waals surface area contributed by atoms with Crippen molar-refractivity contribution < 1.29 is 4.79 Å². The van der Waals surface area contributed by atoms with E-state index in [0.29, 0.717) is 4.99 Å². The van der Waals surface area contributed by atoms with E-state index in [4.69, 9.17) is 18.0 Å². The maximum absolute atomic E-state index is 12.2. The Morgan fingerprint density at radius 3 is 2.65 bits per heavy atom. The first kappa shape index (κ1) is 12.5. The van der Waals surface area contributed by atoms with Gasteiger partial charge in [-0.15, -0.1) is 11.3 Å². The summed E-state index contributed by atoms with van der Waals surface area (Å²) in [5, 5.41) is 4.96. The van der Waals surface area contributed by atoms with Crippen LogP contribution in [-0.4, -0.2) is 16.4 Å². The molecule has 0 aromatic carbocycles. The van der Waals surface area contributed by atoms with Gasteiger partial charge in [0.1, 0.15) is 0 Å². The van der Waals surface area contributed by atoms with Crippen molar-refractivity contribution in [1.29, 1.82) is 0 Å². The fraction of sp³-hybridized carbons (Fsp3) is 0.500. The van der Waals surface area contributed by atoms with Crippen LogP contribution in [0.25, 0.3) is 0 Å². The number of thiophene rings is 1. The first-order valence-corrected chi connectivity index (χ1v) is 7.00. The fourth-order valence-electron chi connectivity index (χ4n) is 2.29. The highest BCUT2D eigenvalue weighted by atomic mass is 32.1. The summed E-state index contributed by atoms with van der Waals surface area (Å²) in [5.74, 6) is -0.0489. The molecule has 1 saturated carbocycles. The summed E-state index contributed by atoms with van der Waals surface area (Å²) in [6.45, 7) is 1.94. The van der Waals surface area contributed by atoms with E-state index in [1.165, 1.54) is 11.3 Å². The van der Waals surface area contributed by atoms with Crippen molar-refractivity contribution in [2.75, 3.05) is 0 Å². The van der Waals surface area contributed by atoms with Crippen molar-refractivity contribution >= 4 is 34.5 Å². The number of nitrogens with two attached hydrogens (primary N) is 1. The molecule has 3 N–H and O–H groups in total. The van der Waals surface area contributed by atoms with Crippen LogP contribution in [0, 0.1) is 6.92 Å². The van der Waals surface area contributed by atoms with Crippen LogP contribution in [0.4, 0.5) is 0 Å². The molecule has 0 aliphatic heterocycles. The average Bonchev–Trinajstić information content (AvgIpc) is 2.87. The molecule has 0 bridgehead atoms. The Bertz CT molecular complexity index is 447. The number of hydrogen-bond acceptors (Lipinski definition) is 3. The summed E-state index contributed by atoms with van der Waals surface area (Å²) in [5.41, 5.74) is 6.34. The zero-order valence-corrected chi connectivity index (χ0v) is 11.4. The lowest BCUT2D eigenvalue weighted by atomic mass is 9.97. The van der Waals surface area contributed by atoms with Crippen LogP contribution in [-0.2, 0) is 0 Å². The number of nitrogens with one attached hydrogen (secondary N) is 1. The largest absolute Gasteiger partial charge is 0.391 e. The number of thiocarbonyl (C=S) groups is 1. The molecule has 0 atom stereocenters. The standard InChI is InChI=1S/C12H16N2OS2/c1-8-4-7-17-9(8)10(15)14-12(11(13)16)5-2-3-6-12/h4,7H,2-3,5-6H2,1H3,(H2,13,16)(H,14,15). The van der Waals surface area contributed by atoms with E-state index >= 15 is 0 Å². The third kappa shape index (κ3) is 2.35. The van der Waals surface area contributed by atoms with Crippen molar-refractivity contribution in [3.8, 4) is 0 Å². The average molecular weight is 268 g/mol. The molecule has 3 nitrogen and oxygen atoms in total. The molecule has 1 fully saturated rings. The predicted octanol–water partition coefficient (Wildman–Crippen LogP) is 2.39. The molecule has 1 aliphatic rings. The molecule has 0 unspecified atom stereocenters. The monoisotopic (exact) mass is 268 g/mol. The Labute approximate surface area is 110 Å². The van der Waals surface area contributed by atoms with E-state index in [1.54, 1.807) is 0 Å². The maximum atomic E-state index is 12.2. The lowest BCUT2D eigenvalue weighted by Crippen LogP contribution is -2.54. The minimum atomic E-state index is -0.456. The number of carbonyl (C=O) groups excluding carboxylic acids is 1. The Hall–Kier alpha value is -0.940. The van der Waals surface area contributed by atoms with Crippen molar-refractivity contribution in [3.63, 3.8) is 0 Å². The van der Waals surface area contributed by atoms with E-state index in [0.717, 1.165) is 36.1 Å². The van der Waals surface area contributed by atoms with Gasteiger partial charge in [0, 0.05) is 0 Å². The van der Waals surface area contributed by atoms with Gasteiger partial charge >= 0.3 is 0 Å². The van der Waals surface area contributed by atoms with Gasteiger partial charge in [0.25, 0.3) is 5.91 Å². The van der Waals surface area contributed by atoms with Gasteiger partial charge in [0.05, 0.1) is 15.4 Å². The molecule has 0 radical (unpaired) electrons. The van der Waals surface area contributed by atoms with Gasteiger partial charge < -0.3 is 11.1 Å². The van der Waals surface area contributed by atoms with Gasteiger partial charge in [0.15, 0.2) is 0 Å². The number of amides is 1. The highest BCUT2D eigenvalue weighted by Gasteiger charge is 2.38. The topological polar surface area (TPSA) is 55.1 Å². The SMILES string of the molecule is Cc1ccsc1C(=O)NC1(C(N)=S)CCCC1. The lowest BCUT2D eigenvalue weighted by molar-refractivity contribution is 0.0928. The van der Waals surface area contributed by atoms with Gasteiger partial charge in [0.2, 0.25) is 0 Å². The lowest BCUT2D eigenvalue weighted by Gasteiger charge is -2.28. The van der Waals surface area contributed by atoms with Crippen LogP contribution in [0.1, 0.15) is 40.9 Å². The summed E-state index contributed by atoms with van der Waals surface area (Å²) in [4.78, 5) is 13.3. The number of aryl methyl sites for hydroxylation is 1. The molecule has 2 rings (SSSR count). The molecule has 1 amide bonds. The fourth-order valence-corrected chi connectivity index (χ4v) is 3.37. The Balaban J connectivity index is 2.17. The second kappa shape index (κ2) is 4.74. The molecule has 17 heavy (non-hydrogen) atoms. The van der Waals surface area contributed by atoms with Crippen molar-refractivity contribution in [2.24, 2.45) is 5.73 Å². The van der Waals surface area contributed by atoms with Gasteiger partial charge in [-0.3, -0.25) is 4.79 Å². The van der Waals surface area contributed by atoms with E-state index in [-0.39, 0.29) is 5.91 Å². The van der Waals surface area contributed by atoms with Crippen LogP contribution in [0.5, 0.6) is 0 Å². The zero-order chi connectivity index (χ0) is 12.5. The predicted molar refractivity (Wildman–Crippen MR) is 74.5 cm³/mol. The second-order valence-electron chi connectivity index (χ2n) is 4.54. The molecule has 1 aliphatic carbocycles. The van der Waals surface area contributed by atoms with E-state index in [1.807, 2.05) is 18.4 Å². The molecule has 92 valence electrons. The third-order valence-corrected chi connectivity index (χ3v) is 4.76.